The number of rotatable bonds is 4. The van der Waals surface area contributed by atoms with Crippen LogP contribution in [0.4, 0.5) is 10.2 Å². The highest BCUT2D eigenvalue weighted by molar-refractivity contribution is 5.40. The van der Waals surface area contributed by atoms with E-state index < -0.39 is 0 Å². The summed E-state index contributed by atoms with van der Waals surface area (Å²) in [4.78, 5) is 9.94. The van der Waals surface area contributed by atoms with E-state index in [1.807, 2.05) is 18.9 Å². The number of nitrogens with zero attached hydrogens (tertiary/aromatic N) is 3. The number of aromatic nitrogens is 2. The average molecular weight is 252 g/mol. The van der Waals surface area contributed by atoms with E-state index in [0.29, 0.717) is 23.9 Å². The largest absolute Gasteiger partial charge is 0.357 e. The predicted octanol–water partition coefficient (Wildman–Crippen LogP) is 1.61. The molecule has 0 amide bonds. The second-order valence-electron chi connectivity index (χ2n) is 4.90. The minimum absolute atomic E-state index is 0.272. The molecule has 2 rings (SSSR count). The van der Waals surface area contributed by atoms with Crippen molar-refractivity contribution in [1.29, 1.82) is 0 Å². The Morgan fingerprint density at radius 2 is 2.33 bits per heavy atom. The Kier molecular flexibility index (Phi) is 4.47. The summed E-state index contributed by atoms with van der Waals surface area (Å²) in [5, 5.41) is 3.38. The van der Waals surface area contributed by atoms with Crippen LogP contribution >= 0.6 is 0 Å². The molecule has 1 aromatic heterocycles. The maximum absolute atomic E-state index is 14.1. The molecule has 1 saturated heterocycles. The molecule has 100 valence electrons. The van der Waals surface area contributed by atoms with Crippen molar-refractivity contribution in [3.05, 3.63) is 17.8 Å². The number of halogens is 1. The van der Waals surface area contributed by atoms with Gasteiger partial charge in [-0.05, 0) is 38.3 Å². The normalized spacial score (nSPS) is 19.8. The van der Waals surface area contributed by atoms with E-state index in [1.54, 1.807) is 0 Å². The van der Waals surface area contributed by atoms with E-state index in [4.69, 9.17) is 0 Å². The van der Waals surface area contributed by atoms with E-state index in [0.717, 1.165) is 19.6 Å². The molecule has 1 fully saturated rings. The molecule has 5 heteroatoms. The van der Waals surface area contributed by atoms with Crippen LogP contribution in [0.3, 0.4) is 0 Å². The first kappa shape index (κ1) is 13.2. The summed E-state index contributed by atoms with van der Waals surface area (Å²) in [6, 6.07) is 0. The average Bonchev–Trinajstić information content (AvgIpc) is 2.40. The fraction of sp³-hybridized carbons (Fsp3) is 0.692. The molecule has 1 aliphatic heterocycles. The number of nitrogens with one attached hydrogen (secondary N) is 1. The van der Waals surface area contributed by atoms with Gasteiger partial charge >= 0.3 is 0 Å². The number of hydrogen-bond donors (Lipinski definition) is 1. The number of anilines is 1. The van der Waals surface area contributed by atoms with E-state index >= 15 is 0 Å². The van der Waals surface area contributed by atoms with Crippen LogP contribution in [0.25, 0.3) is 0 Å². The Hall–Kier alpha value is -1.23. The van der Waals surface area contributed by atoms with Crippen molar-refractivity contribution in [1.82, 2.24) is 15.3 Å². The van der Waals surface area contributed by atoms with Crippen LogP contribution in [-0.2, 0) is 6.42 Å². The van der Waals surface area contributed by atoms with Gasteiger partial charge in [0, 0.05) is 13.6 Å². The topological polar surface area (TPSA) is 41.1 Å². The zero-order valence-electron chi connectivity index (χ0n) is 11.1. The van der Waals surface area contributed by atoms with Gasteiger partial charge in [0.1, 0.15) is 6.33 Å². The molecule has 0 radical (unpaired) electrons. The third kappa shape index (κ3) is 2.96. The van der Waals surface area contributed by atoms with Gasteiger partial charge in [-0.1, -0.05) is 6.92 Å². The second-order valence-corrected chi connectivity index (χ2v) is 4.90. The van der Waals surface area contributed by atoms with E-state index in [2.05, 4.69) is 15.3 Å². The standard InChI is InChI=1S/C13H21FN4/c1-3-11-12(14)13(17-9-16-11)18(2)8-10-5-4-6-15-7-10/h9-10,15H,3-8H2,1-2H3. The molecule has 0 aliphatic carbocycles. The molecule has 1 aromatic rings. The molecule has 18 heavy (non-hydrogen) atoms. The quantitative estimate of drug-likeness (QED) is 0.884. The second kappa shape index (κ2) is 6.09. The minimum Gasteiger partial charge on any atom is -0.357 e. The molecule has 0 bridgehead atoms. The highest BCUT2D eigenvalue weighted by Gasteiger charge is 2.19. The first-order valence-corrected chi connectivity index (χ1v) is 6.63. The molecule has 0 spiro atoms. The van der Waals surface area contributed by atoms with Crippen LogP contribution in [0.15, 0.2) is 6.33 Å². The van der Waals surface area contributed by atoms with Gasteiger partial charge in [-0.3, -0.25) is 0 Å². The van der Waals surface area contributed by atoms with Crippen molar-refractivity contribution in [2.24, 2.45) is 5.92 Å². The molecule has 4 nitrogen and oxygen atoms in total. The van der Waals surface area contributed by atoms with Crippen molar-refractivity contribution < 1.29 is 4.39 Å². The summed E-state index contributed by atoms with van der Waals surface area (Å²) >= 11 is 0. The maximum atomic E-state index is 14.1. The summed E-state index contributed by atoms with van der Waals surface area (Å²) in [5.41, 5.74) is 0.494. The van der Waals surface area contributed by atoms with Gasteiger partial charge < -0.3 is 10.2 Å². The molecule has 1 unspecified atom stereocenters. The van der Waals surface area contributed by atoms with Crippen LogP contribution in [-0.4, -0.2) is 36.6 Å². The van der Waals surface area contributed by atoms with Gasteiger partial charge in [0.05, 0.1) is 5.69 Å². The Morgan fingerprint density at radius 3 is 3.00 bits per heavy atom. The third-order valence-electron chi connectivity index (χ3n) is 3.47. The van der Waals surface area contributed by atoms with E-state index in [9.17, 15) is 4.39 Å². The number of aryl methyl sites for hydroxylation is 1. The lowest BCUT2D eigenvalue weighted by Crippen LogP contribution is -2.37. The highest BCUT2D eigenvalue weighted by atomic mass is 19.1. The van der Waals surface area contributed by atoms with Gasteiger partial charge in [0.25, 0.3) is 0 Å². The SMILES string of the molecule is CCc1ncnc(N(C)CC2CCCNC2)c1F. The summed E-state index contributed by atoms with van der Waals surface area (Å²) in [6.07, 6.45) is 4.45. The Balaban J connectivity index is 2.05. The van der Waals surface area contributed by atoms with E-state index in [-0.39, 0.29) is 5.82 Å². The van der Waals surface area contributed by atoms with Crippen LogP contribution < -0.4 is 10.2 Å². The molecule has 1 N–H and O–H groups in total. The fourth-order valence-electron chi connectivity index (χ4n) is 2.46. The van der Waals surface area contributed by atoms with Crippen molar-refractivity contribution >= 4 is 5.82 Å². The van der Waals surface area contributed by atoms with Crippen molar-refractivity contribution in [2.45, 2.75) is 26.2 Å². The minimum atomic E-state index is -0.272. The monoisotopic (exact) mass is 252 g/mol. The van der Waals surface area contributed by atoms with E-state index in [1.165, 1.54) is 19.2 Å². The lowest BCUT2D eigenvalue weighted by Gasteiger charge is -2.28. The number of piperidine rings is 1. The van der Waals surface area contributed by atoms with Crippen molar-refractivity contribution in [3.63, 3.8) is 0 Å². The molecule has 2 heterocycles. The Labute approximate surface area is 108 Å². The van der Waals surface area contributed by atoms with Crippen molar-refractivity contribution in [3.8, 4) is 0 Å². The maximum Gasteiger partial charge on any atom is 0.187 e. The van der Waals surface area contributed by atoms with Gasteiger partial charge in [-0.15, -0.1) is 0 Å². The Morgan fingerprint density at radius 1 is 1.50 bits per heavy atom. The summed E-state index contributed by atoms with van der Waals surface area (Å²) < 4.78 is 14.1. The number of hydrogen-bond acceptors (Lipinski definition) is 4. The first-order valence-electron chi connectivity index (χ1n) is 6.63. The predicted molar refractivity (Wildman–Crippen MR) is 70.2 cm³/mol. The molecular formula is C13H21FN4. The van der Waals surface area contributed by atoms with Crippen LogP contribution in [0.5, 0.6) is 0 Å². The van der Waals surface area contributed by atoms with Gasteiger partial charge in [-0.25, -0.2) is 14.4 Å². The van der Waals surface area contributed by atoms with Crippen LogP contribution in [0.2, 0.25) is 0 Å². The van der Waals surface area contributed by atoms with Crippen LogP contribution in [0, 0.1) is 11.7 Å². The zero-order chi connectivity index (χ0) is 13.0. The Bertz CT molecular complexity index is 391. The smallest absolute Gasteiger partial charge is 0.187 e. The van der Waals surface area contributed by atoms with Gasteiger partial charge in [-0.2, -0.15) is 0 Å². The molecule has 1 atom stereocenters. The summed E-state index contributed by atoms with van der Waals surface area (Å²) in [7, 11) is 1.90. The lowest BCUT2D eigenvalue weighted by atomic mass is 9.99. The summed E-state index contributed by atoms with van der Waals surface area (Å²) in [6.45, 7) is 4.85. The fourth-order valence-corrected chi connectivity index (χ4v) is 2.46. The zero-order valence-corrected chi connectivity index (χ0v) is 11.1. The third-order valence-corrected chi connectivity index (χ3v) is 3.47. The molecule has 0 saturated carbocycles. The van der Waals surface area contributed by atoms with Crippen molar-refractivity contribution in [2.75, 3.05) is 31.6 Å². The molecule has 1 aliphatic rings. The summed E-state index contributed by atoms with van der Waals surface area (Å²) in [5.74, 6) is 0.724. The van der Waals surface area contributed by atoms with Gasteiger partial charge in [0.2, 0.25) is 0 Å². The van der Waals surface area contributed by atoms with Crippen LogP contribution in [0.1, 0.15) is 25.5 Å². The molecular weight excluding hydrogens is 231 g/mol. The van der Waals surface area contributed by atoms with Gasteiger partial charge in [0.15, 0.2) is 11.6 Å². The molecule has 0 aromatic carbocycles. The lowest BCUT2D eigenvalue weighted by molar-refractivity contribution is 0.379. The first-order chi connectivity index (χ1) is 8.72. The highest BCUT2D eigenvalue weighted by Crippen LogP contribution is 2.19.